The highest BCUT2D eigenvalue weighted by atomic mass is 32.2. The van der Waals surface area contributed by atoms with Gasteiger partial charge in [-0.1, -0.05) is 42.5 Å². The number of primary amides is 1. The summed E-state index contributed by atoms with van der Waals surface area (Å²) in [7, 11) is -4.42. The smallest absolute Gasteiger partial charge is 0.417 e. The Kier molecular flexibility index (Phi) is 6.89. The van der Waals surface area contributed by atoms with Crippen LogP contribution in [0.4, 0.5) is 13.2 Å². The second kappa shape index (κ2) is 9.29. The van der Waals surface area contributed by atoms with Crippen molar-refractivity contribution < 1.29 is 35.9 Å². The average molecular weight is 470 g/mol. The summed E-state index contributed by atoms with van der Waals surface area (Å²) in [5, 5.41) is 0. The molecule has 3 rings (SSSR count). The first-order chi connectivity index (χ1) is 15.0. The van der Waals surface area contributed by atoms with Crippen LogP contribution >= 0.6 is 0 Å². The Bertz CT molecular complexity index is 1080. The van der Waals surface area contributed by atoms with Crippen LogP contribution in [0.1, 0.15) is 30.1 Å². The molecule has 0 saturated carbocycles. The van der Waals surface area contributed by atoms with Crippen LogP contribution < -0.4 is 5.73 Å². The van der Waals surface area contributed by atoms with Crippen molar-refractivity contribution in [3.63, 3.8) is 0 Å². The van der Waals surface area contributed by atoms with Gasteiger partial charge in [0.15, 0.2) is 0 Å². The molecule has 7 nitrogen and oxygen atoms in total. The number of piperidine rings is 1. The standard InChI is InChI=1S/C21H21F3N2O5S/c22-21(23,24)16-8-4-5-9-17(16)32(29,30)26-12-10-15(11-13-26)20(28)31-18(19(25)27)14-6-2-1-3-7-14/h1-9,15,18H,10-13H2,(H2,25,27). The predicted molar refractivity (Wildman–Crippen MR) is 107 cm³/mol. The SMILES string of the molecule is NC(=O)C(OC(=O)C1CCN(S(=O)(=O)c2ccccc2C(F)(F)F)CC1)c1ccccc1. The molecule has 2 N–H and O–H groups in total. The van der Waals surface area contributed by atoms with Gasteiger partial charge in [0.05, 0.1) is 16.4 Å². The van der Waals surface area contributed by atoms with Gasteiger partial charge in [-0.15, -0.1) is 0 Å². The topological polar surface area (TPSA) is 107 Å². The summed E-state index contributed by atoms with van der Waals surface area (Å²) in [6.07, 6.45) is -6.05. The van der Waals surface area contributed by atoms with E-state index in [1.165, 1.54) is 6.07 Å². The third-order valence-electron chi connectivity index (χ3n) is 5.19. The second-order valence-corrected chi connectivity index (χ2v) is 9.21. The molecule has 1 aliphatic rings. The largest absolute Gasteiger partial charge is 0.447 e. The number of halogens is 3. The van der Waals surface area contributed by atoms with Crippen LogP contribution in [0.3, 0.4) is 0 Å². The van der Waals surface area contributed by atoms with E-state index in [0.29, 0.717) is 11.6 Å². The van der Waals surface area contributed by atoms with Crippen molar-refractivity contribution in [3.8, 4) is 0 Å². The van der Waals surface area contributed by atoms with Gasteiger partial charge in [-0.2, -0.15) is 17.5 Å². The summed E-state index contributed by atoms with van der Waals surface area (Å²) in [6.45, 7) is -0.332. The summed E-state index contributed by atoms with van der Waals surface area (Å²) >= 11 is 0. The van der Waals surface area contributed by atoms with Crippen LogP contribution in [0.15, 0.2) is 59.5 Å². The first-order valence-corrected chi connectivity index (χ1v) is 11.2. The maximum absolute atomic E-state index is 13.3. The van der Waals surface area contributed by atoms with Gasteiger partial charge in [0.2, 0.25) is 16.1 Å². The normalized spacial score (nSPS) is 17.0. The lowest BCUT2D eigenvalue weighted by atomic mass is 9.98. The molecule has 0 radical (unpaired) electrons. The third-order valence-corrected chi connectivity index (χ3v) is 7.15. The Hall–Kier alpha value is -2.92. The molecule has 0 bridgehead atoms. The third kappa shape index (κ3) is 5.10. The number of alkyl halides is 3. The van der Waals surface area contributed by atoms with Crippen LogP contribution in [-0.4, -0.2) is 37.7 Å². The molecule has 1 saturated heterocycles. The highest BCUT2D eigenvalue weighted by Gasteiger charge is 2.40. The molecule has 32 heavy (non-hydrogen) atoms. The number of esters is 1. The van der Waals surface area contributed by atoms with Gasteiger partial charge in [0.1, 0.15) is 0 Å². The number of hydrogen-bond acceptors (Lipinski definition) is 5. The molecule has 0 aromatic heterocycles. The molecule has 2 aromatic rings. The van der Waals surface area contributed by atoms with Gasteiger partial charge >= 0.3 is 12.1 Å². The average Bonchev–Trinajstić information content (AvgIpc) is 2.77. The molecule has 1 atom stereocenters. The minimum atomic E-state index is -4.83. The minimum Gasteiger partial charge on any atom is -0.447 e. The van der Waals surface area contributed by atoms with Crippen LogP contribution in [-0.2, 0) is 30.5 Å². The van der Waals surface area contributed by atoms with Gasteiger partial charge < -0.3 is 10.5 Å². The zero-order valence-electron chi connectivity index (χ0n) is 16.8. The molecule has 2 aromatic carbocycles. The Morgan fingerprint density at radius 2 is 1.56 bits per heavy atom. The zero-order valence-corrected chi connectivity index (χ0v) is 17.6. The van der Waals surface area contributed by atoms with Gasteiger partial charge in [-0.3, -0.25) is 9.59 Å². The Morgan fingerprint density at radius 1 is 1.00 bits per heavy atom. The lowest BCUT2D eigenvalue weighted by Gasteiger charge is -2.31. The number of sulfonamides is 1. The minimum absolute atomic E-state index is 0.0342. The molecular formula is C21H21F3N2O5S. The number of ether oxygens (including phenoxy) is 1. The van der Waals surface area contributed by atoms with Crippen molar-refractivity contribution in [2.75, 3.05) is 13.1 Å². The van der Waals surface area contributed by atoms with E-state index in [1.807, 2.05) is 0 Å². The number of nitrogens with two attached hydrogens (primary N) is 1. The maximum Gasteiger partial charge on any atom is 0.417 e. The van der Waals surface area contributed by atoms with Crippen LogP contribution in [0.25, 0.3) is 0 Å². The Labute approximate surface area is 183 Å². The molecule has 1 fully saturated rings. The quantitative estimate of drug-likeness (QED) is 0.654. The van der Waals surface area contributed by atoms with E-state index in [4.69, 9.17) is 10.5 Å². The number of carbonyl (C=O) groups is 2. The summed E-state index contributed by atoms with van der Waals surface area (Å²) in [5.74, 6) is -2.29. The number of amides is 1. The van der Waals surface area contributed by atoms with E-state index < -0.39 is 50.6 Å². The van der Waals surface area contributed by atoms with E-state index >= 15 is 0 Å². The van der Waals surface area contributed by atoms with Crippen molar-refractivity contribution in [2.45, 2.75) is 30.0 Å². The number of nitrogens with zero attached hydrogens (tertiary/aromatic N) is 1. The number of rotatable bonds is 6. The molecule has 1 unspecified atom stereocenters. The van der Waals surface area contributed by atoms with Crippen molar-refractivity contribution in [3.05, 3.63) is 65.7 Å². The zero-order chi connectivity index (χ0) is 23.5. The predicted octanol–water partition coefficient (Wildman–Crippen LogP) is 2.88. The van der Waals surface area contributed by atoms with Gasteiger partial charge in [-0.05, 0) is 25.0 Å². The highest BCUT2D eigenvalue weighted by Crippen LogP contribution is 2.36. The van der Waals surface area contributed by atoms with E-state index in [9.17, 15) is 31.2 Å². The van der Waals surface area contributed by atoms with E-state index in [0.717, 1.165) is 16.4 Å². The van der Waals surface area contributed by atoms with Crippen LogP contribution in [0.5, 0.6) is 0 Å². The van der Waals surface area contributed by atoms with Gasteiger partial charge in [-0.25, -0.2) is 8.42 Å². The van der Waals surface area contributed by atoms with Gasteiger partial charge in [0, 0.05) is 18.7 Å². The fourth-order valence-electron chi connectivity index (χ4n) is 3.53. The summed E-state index contributed by atoms with van der Waals surface area (Å²) < 4.78 is 71.6. The monoisotopic (exact) mass is 470 g/mol. The first-order valence-electron chi connectivity index (χ1n) is 9.73. The van der Waals surface area contributed by atoms with E-state index in [1.54, 1.807) is 30.3 Å². The maximum atomic E-state index is 13.3. The van der Waals surface area contributed by atoms with Gasteiger partial charge in [0.25, 0.3) is 5.91 Å². The first kappa shape index (κ1) is 23.7. The summed E-state index contributed by atoms with van der Waals surface area (Å²) in [5.41, 5.74) is 4.50. The number of carbonyl (C=O) groups excluding carboxylic acids is 2. The van der Waals surface area contributed by atoms with Crippen molar-refractivity contribution >= 4 is 21.9 Å². The molecule has 1 heterocycles. The van der Waals surface area contributed by atoms with E-state index in [-0.39, 0.29) is 25.9 Å². The summed E-state index contributed by atoms with van der Waals surface area (Å²) in [4.78, 5) is 23.5. The molecule has 1 amide bonds. The molecule has 1 aliphatic heterocycles. The fourth-order valence-corrected chi connectivity index (χ4v) is 5.21. The molecule has 11 heteroatoms. The molecule has 172 valence electrons. The van der Waals surface area contributed by atoms with Crippen LogP contribution in [0.2, 0.25) is 0 Å². The van der Waals surface area contributed by atoms with E-state index in [2.05, 4.69) is 0 Å². The summed E-state index contributed by atoms with van der Waals surface area (Å²) in [6, 6.07) is 12.1. The lowest BCUT2D eigenvalue weighted by Crippen LogP contribution is -2.41. The number of hydrogen-bond donors (Lipinski definition) is 1. The van der Waals surface area contributed by atoms with Crippen molar-refractivity contribution in [1.82, 2.24) is 4.31 Å². The molecule has 0 aliphatic carbocycles. The number of benzene rings is 2. The highest BCUT2D eigenvalue weighted by molar-refractivity contribution is 7.89. The second-order valence-electron chi connectivity index (χ2n) is 7.30. The molecular weight excluding hydrogens is 449 g/mol. The Balaban J connectivity index is 1.70. The lowest BCUT2D eigenvalue weighted by molar-refractivity contribution is -0.160. The van der Waals surface area contributed by atoms with Crippen molar-refractivity contribution in [1.29, 1.82) is 0 Å². The molecule has 0 spiro atoms. The fraction of sp³-hybridized carbons (Fsp3) is 0.333. The van der Waals surface area contributed by atoms with Crippen LogP contribution in [0, 0.1) is 5.92 Å². The van der Waals surface area contributed by atoms with Crippen molar-refractivity contribution in [2.24, 2.45) is 11.7 Å². The Morgan fingerprint density at radius 3 is 2.12 bits per heavy atom.